The van der Waals surface area contributed by atoms with Crippen molar-refractivity contribution in [3.05, 3.63) is 34.6 Å². The quantitative estimate of drug-likeness (QED) is 0.814. The minimum Gasteiger partial charge on any atom is -0.369 e. The highest BCUT2D eigenvalue weighted by atomic mass is 35.5. The van der Waals surface area contributed by atoms with Gasteiger partial charge in [0.05, 0.1) is 12.1 Å². The van der Waals surface area contributed by atoms with E-state index in [0.717, 1.165) is 43.4 Å². The maximum Gasteiger partial charge on any atom is 0.168 e. The molecule has 0 amide bonds. The molecule has 2 heterocycles. The summed E-state index contributed by atoms with van der Waals surface area (Å²) in [6.45, 7) is 12.5. The molecule has 0 saturated carbocycles. The number of benzene rings is 1. The Bertz CT molecular complexity index is 705. The molecule has 1 aromatic carbocycles. The van der Waals surface area contributed by atoms with Crippen LogP contribution in [0.4, 0.5) is 5.69 Å². The molecule has 1 saturated heterocycles. The lowest BCUT2D eigenvalue weighted by Crippen LogP contribution is -2.48. The summed E-state index contributed by atoms with van der Waals surface area (Å²) in [5.41, 5.74) is 2.51. The van der Waals surface area contributed by atoms with Gasteiger partial charge in [0.2, 0.25) is 0 Å². The number of hydrogen-bond acceptors (Lipinski definition) is 5. The highest BCUT2D eigenvalue weighted by Crippen LogP contribution is 2.29. The van der Waals surface area contributed by atoms with Gasteiger partial charge in [-0.1, -0.05) is 24.6 Å². The Morgan fingerprint density at radius 1 is 1.16 bits per heavy atom. The van der Waals surface area contributed by atoms with Gasteiger partial charge in [0, 0.05) is 36.9 Å². The molecule has 0 aliphatic carbocycles. The summed E-state index contributed by atoms with van der Waals surface area (Å²) in [7, 11) is 0. The van der Waals surface area contributed by atoms with Crippen LogP contribution in [0.2, 0.25) is 5.02 Å². The summed E-state index contributed by atoms with van der Waals surface area (Å²) in [6, 6.07) is 6.66. The Hall–Kier alpha value is -1.66. The predicted octanol–water partition coefficient (Wildman–Crippen LogP) is 3.49. The van der Waals surface area contributed by atoms with Crippen LogP contribution >= 0.6 is 11.6 Å². The summed E-state index contributed by atoms with van der Waals surface area (Å²) in [5.74, 6) is 0.977. The standard InChI is InChI=1S/C18H27ClN6/c1-5-16(18-20-21-22-25(18)13(2)3)23-8-10-24(11-9-23)17-12-15(19)7-6-14(17)4/h6-7,12-13,16H,5,8-11H2,1-4H3. The summed E-state index contributed by atoms with van der Waals surface area (Å²) >= 11 is 6.19. The van der Waals surface area contributed by atoms with E-state index in [0.29, 0.717) is 0 Å². The minimum atomic E-state index is 0.264. The lowest BCUT2D eigenvalue weighted by Gasteiger charge is -2.40. The van der Waals surface area contributed by atoms with Gasteiger partial charge >= 0.3 is 0 Å². The van der Waals surface area contributed by atoms with Gasteiger partial charge in [0.1, 0.15) is 0 Å². The molecule has 7 heteroatoms. The van der Waals surface area contributed by atoms with E-state index in [-0.39, 0.29) is 12.1 Å². The summed E-state index contributed by atoms with van der Waals surface area (Å²) < 4.78 is 1.95. The van der Waals surface area contributed by atoms with Crippen LogP contribution in [0.15, 0.2) is 18.2 Å². The fraction of sp³-hybridized carbons (Fsp3) is 0.611. The first-order chi connectivity index (χ1) is 12.0. The molecule has 0 bridgehead atoms. The second-order valence-electron chi connectivity index (χ2n) is 6.95. The number of anilines is 1. The van der Waals surface area contributed by atoms with Crippen LogP contribution in [-0.4, -0.2) is 51.3 Å². The molecule has 1 aliphatic rings. The van der Waals surface area contributed by atoms with E-state index in [1.807, 2.05) is 10.7 Å². The number of aryl methyl sites for hydroxylation is 1. The monoisotopic (exact) mass is 362 g/mol. The van der Waals surface area contributed by atoms with E-state index >= 15 is 0 Å². The zero-order valence-corrected chi connectivity index (χ0v) is 16.2. The second kappa shape index (κ2) is 7.70. The smallest absolute Gasteiger partial charge is 0.168 e. The molecule has 1 fully saturated rings. The van der Waals surface area contributed by atoms with E-state index in [2.05, 4.69) is 65.2 Å². The Morgan fingerprint density at radius 3 is 2.52 bits per heavy atom. The number of aromatic nitrogens is 4. The summed E-state index contributed by atoms with van der Waals surface area (Å²) in [5, 5.41) is 13.2. The average molecular weight is 363 g/mol. The number of piperazine rings is 1. The van der Waals surface area contributed by atoms with Crippen molar-refractivity contribution in [1.29, 1.82) is 0 Å². The van der Waals surface area contributed by atoms with Gasteiger partial charge in [0.25, 0.3) is 0 Å². The van der Waals surface area contributed by atoms with E-state index in [4.69, 9.17) is 11.6 Å². The van der Waals surface area contributed by atoms with Gasteiger partial charge in [-0.05, 0) is 55.3 Å². The topological polar surface area (TPSA) is 50.1 Å². The van der Waals surface area contributed by atoms with E-state index in [9.17, 15) is 0 Å². The molecule has 136 valence electrons. The van der Waals surface area contributed by atoms with Crippen molar-refractivity contribution in [3.8, 4) is 0 Å². The Labute approximate surface area is 154 Å². The van der Waals surface area contributed by atoms with Gasteiger partial charge in [-0.3, -0.25) is 4.90 Å². The number of nitrogens with zero attached hydrogens (tertiary/aromatic N) is 6. The van der Waals surface area contributed by atoms with Crippen molar-refractivity contribution in [1.82, 2.24) is 25.1 Å². The van der Waals surface area contributed by atoms with Crippen LogP contribution in [0.5, 0.6) is 0 Å². The van der Waals surface area contributed by atoms with Gasteiger partial charge < -0.3 is 4.90 Å². The maximum atomic E-state index is 6.19. The van der Waals surface area contributed by atoms with Crippen LogP contribution in [0, 0.1) is 6.92 Å². The van der Waals surface area contributed by atoms with Crippen molar-refractivity contribution >= 4 is 17.3 Å². The molecule has 0 N–H and O–H groups in total. The molecule has 1 unspecified atom stereocenters. The van der Waals surface area contributed by atoms with E-state index in [1.165, 1.54) is 11.3 Å². The Balaban J connectivity index is 1.72. The normalized spacial score (nSPS) is 17.3. The van der Waals surface area contributed by atoms with E-state index in [1.54, 1.807) is 0 Å². The van der Waals surface area contributed by atoms with Crippen molar-refractivity contribution in [2.75, 3.05) is 31.1 Å². The number of rotatable bonds is 5. The van der Waals surface area contributed by atoms with Crippen molar-refractivity contribution in [2.24, 2.45) is 0 Å². The molecule has 6 nitrogen and oxygen atoms in total. The Kier molecular flexibility index (Phi) is 5.59. The van der Waals surface area contributed by atoms with Gasteiger partial charge in [-0.15, -0.1) is 5.10 Å². The third-order valence-corrected chi connectivity index (χ3v) is 5.19. The molecular weight excluding hydrogens is 336 g/mol. The van der Waals surface area contributed by atoms with Gasteiger partial charge in [-0.2, -0.15) is 0 Å². The molecule has 3 rings (SSSR count). The molecule has 1 aliphatic heterocycles. The molecule has 1 aromatic heterocycles. The number of hydrogen-bond donors (Lipinski definition) is 0. The molecular formula is C18H27ClN6. The lowest BCUT2D eigenvalue weighted by molar-refractivity contribution is 0.167. The van der Waals surface area contributed by atoms with Gasteiger partial charge in [0.15, 0.2) is 5.82 Å². The van der Waals surface area contributed by atoms with Crippen LogP contribution < -0.4 is 4.90 Å². The number of tetrazole rings is 1. The highest BCUT2D eigenvalue weighted by molar-refractivity contribution is 6.30. The molecule has 25 heavy (non-hydrogen) atoms. The lowest BCUT2D eigenvalue weighted by atomic mass is 10.1. The molecule has 0 spiro atoms. The molecule has 0 radical (unpaired) electrons. The summed E-state index contributed by atoms with van der Waals surface area (Å²) in [4.78, 5) is 4.93. The molecule has 2 aromatic rings. The second-order valence-corrected chi connectivity index (χ2v) is 7.39. The zero-order chi connectivity index (χ0) is 18.0. The minimum absolute atomic E-state index is 0.264. The van der Waals surface area contributed by atoms with Crippen molar-refractivity contribution in [2.45, 2.75) is 46.2 Å². The average Bonchev–Trinajstić information content (AvgIpc) is 3.08. The fourth-order valence-electron chi connectivity index (χ4n) is 3.59. The first-order valence-electron chi connectivity index (χ1n) is 9.04. The number of halogens is 1. The maximum absolute atomic E-state index is 6.19. The fourth-order valence-corrected chi connectivity index (χ4v) is 3.76. The first-order valence-corrected chi connectivity index (χ1v) is 9.42. The zero-order valence-electron chi connectivity index (χ0n) is 15.5. The third-order valence-electron chi connectivity index (χ3n) is 4.96. The van der Waals surface area contributed by atoms with Crippen LogP contribution in [-0.2, 0) is 0 Å². The van der Waals surface area contributed by atoms with Crippen molar-refractivity contribution < 1.29 is 0 Å². The van der Waals surface area contributed by atoms with Gasteiger partial charge in [-0.25, -0.2) is 4.68 Å². The van der Waals surface area contributed by atoms with Crippen LogP contribution in [0.1, 0.15) is 50.7 Å². The SMILES string of the molecule is CCC(c1nnnn1C(C)C)N1CCN(c2cc(Cl)ccc2C)CC1. The molecule has 1 atom stereocenters. The highest BCUT2D eigenvalue weighted by Gasteiger charge is 2.28. The van der Waals surface area contributed by atoms with Crippen molar-refractivity contribution in [3.63, 3.8) is 0 Å². The van der Waals surface area contributed by atoms with Crippen LogP contribution in [0.25, 0.3) is 0 Å². The Morgan fingerprint density at radius 2 is 1.88 bits per heavy atom. The summed E-state index contributed by atoms with van der Waals surface area (Å²) in [6.07, 6.45) is 1.00. The van der Waals surface area contributed by atoms with E-state index < -0.39 is 0 Å². The largest absolute Gasteiger partial charge is 0.369 e. The van der Waals surface area contributed by atoms with Crippen LogP contribution in [0.3, 0.4) is 0 Å². The predicted molar refractivity (Wildman–Crippen MR) is 101 cm³/mol. The third kappa shape index (κ3) is 3.80. The first kappa shape index (κ1) is 18.1.